The maximum atomic E-state index is 12.7. The quantitative estimate of drug-likeness (QED) is 0.787. The lowest BCUT2D eigenvalue weighted by Crippen LogP contribution is -2.55. The molecule has 0 aliphatic carbocycles. The van der Waals surface area contributed by atoms with E-state index < -0.39 is 0 Å². The zero-order chi connectivity index (χ0) is 18.7. The minimum absolute atomic E-state index is 0.0501. The van der Waals surface area contributed by atoms with Crippen LogP contribution in [0.25, 0.3) is 0 Å². The van der Waals surface area contributed by atoms with Crippen LogP contribution < -0.4 is 0 Å². The second kappa shape index (κ2) is 7.72. The summed E-state index contributed by atoms with van der Waals surface area (Å²) in [7, 11) is 0. The van der Waals surface area contributed by atoms with Gasteiger partial charge in [-0.15, -0.1) is 5.10 Å². The van der Waals surface area contributed by atoms with Crippen molar-refractivity contribution < 1.29 is 9.59 Å². The molecule has 1 aromatic heterocycles. The van der Waals surface area contributed by atoms with Gasteiger partial charge in [0.25, 0.3) is 0 Å². The molecule has 1 atom stereocenters. The van der Waals surface area contributed by atoms with E-state index >= 15 is 0 Å². The first-order valence-electron chi connectivity index (χ1n) is 9.67. The van der Waals surface area contributed by atoms with Crippen LogP contribution in [0, 0.1) is 18.3 Å². The van der Waals surface area contributed by atoms with Gasteiger partial charge >= 0.3 is 0 Å². The van der Waals surface area contributed by atoms with Crippen molar-refractivity contribution >= 4 is 11.8 Å². The number of amides is 2. The van der Waals surface area contributed by atoms with Crippen molar-refractivity contribution in [3.8, 4) is 0 Å². The minimum Gasteiger partial charge on any atom is -0.342 e. The number of aryl methyl sites for hydroxylation is 1. The van der Waals surface area contributed by atoms with Gasteiger partial charge in [-0.05, 0) is 49.0 Å². The Kier molecular flexibility index (Phi) is 5.58. The molecule has 8 heteroatoms. The standard InChI is InChI=1S/C18H30N6O2/c1-14(2)6-10-23-13-18(8-5-16(23)25)7-4-9-22(12-18)17(26)11-24-15(3)19-20-21-24/h14H,4-13H2,1-3H3. The van der Waals surface area contributed by atoms with E-state index in [0.29, 0.717) is 18.2 Å². The Morgan fingerprint density at radius 2 is 2.08 bits per heavy atom. The summed E-state index contributed by atoms with van der Waals surface area (Å²) in [6.45, 7) is 9.48. The Balaban J connectivity index is 1.63. The average molecular weight is 362 g/mol. The van der Waals surface area contributed by atoms with Crippen LogP contribution in [0.15, 0.2) is 0 Å². The lowest BCUT2D eigenvalue weighted by Gasteiger charge is -2.48. The molecule has 2 fully saturated rings. The number of hydrogen-bond acceptors (Lipinski definition) is 5. The summed E-state index contributed by atoms with van der Waals surface area (Å²) in [4.78, 5) is 29.0. The summed E-state index contributed by atoms with van der Waals surface area (Å²) in [5.74, 6) is 1.56. The monoisotopic (exact) mass is 362 g/mol. The summed E-state index contributed by atoms with van der Waals surface area (Å²) >= 11 is 0. The van der Waals surface area contributed by atoms with E-state index in [4.69, 9.17) is 0 Å². The molecule has 2 aliphatic rings. The molecule has 2 amide bonds. The average Bonchev–Trinajstić information content (AvgIpc) is 3.01. The molecule has 3 heterocycles. The Morgan fingerprint density at radius 1 is 1.27 bits per heavy atom. The largest absolute Gasteiger partial charge is 0.342 e. The first-order valence-corrected chi connectivity index (χ1v) is 9.67. The molecule has 0 saturated carbocycles. The van der Waals surface area contributed by atoms with Crippen LogP contribution in [0.2, 0.25) is 0 Å². The predicted molar refractivity (Wildman–Crippen MR) is 96.1 cm³/mol. The maximum Gasteiger partial charge on any atom is 0.244 e. The summed E-state index contributed by atoms with van der Waals surface area (Å²) in [5.41, 5.74) is 0.0501. The van der Waals surface area contributed by atoms with Crippen LogP contribution in [0.4, 0.5) is 0 Å². The van der Waals surface area contributed by atoms with Crippen molar-refractivity contribution in [3.05, 3.63) is 5.82 Å². The molecule has 8 nitrogen and oxygen atoms in total. The number of hydrogen-bond donors (Lipinski definition) is 0. The fourth-order valence-electron chi connectivity index (χ4n) is 4.10. The Morgan fingerprint density at radius 3 is 2.77 bits per heavy atom. The summed E-state index contributed by atoms with van der Waals surface area (Å²) in [5, 5.41) is 11.3. The molecule has 0 bridgehead atoms. The predicted octanol–water partition coefficient (Wildman–Crippen LogP) is 1.26. The zero-order valence-corrected chi connectivity index (χ0v) is 16.1. The second-order valence-corrected chi connectivity index (χ2v) is 8.30. The maximum absolute atomic E-state index is 12.7. The number of rotatable bonds is 5. The van der Waals surface area contributed by atoms with Gasteiger partial charge in [0.1, 0.15) is 12.4 Å². The van der Waals surface area contributed by atoms with Crippen molar-refractivity contribution in [1.82, 2.24) is 30.0 Å². The van der Waals surface area contributed by atoms with Gasteiger partial charge in [0, 0.05) is 38.0 Å². The molecule has 0 aromatic carbocycles. The third kappa shape index (κ3) is 4.22. The highest BCUT2D eigenvalue weighted by molar-refractivity contribution is 5.78. The van der Waals surface area contributed by atoms with Gasteiger partial charge in [-0.25, -0.2) is 4.68 Å². The van der Waals surface area contributed by atoms with E-state index in [1.165, 1.54) is 0 Å². The number of carbonyl (C=O) groups excluding carboxylic acids is 2. The van der Waals surface area contributed by atoms with Crippen molar-refractivity contribution in [2.24, 2.45) is 11.3 Å². The third-order valence-electron chi connectivity index (χ3n) is 5.73. The molecule has 0 N–H and O–H groups in total. The topological polar surface area (TPSA) is 84.2 Å². The van der Waals surface area contributed by atoms with E-state index in [2.05, 4.69) is 29.4 Å². The lowest BCUT2D eigenvalue weighted by molar-refractivity contribution is -0.143. The Bertz CT molecular complexity index is 658. The van der Waals surface area contributed by atoms with Crippen LogP contribution in [-0.4, -0.2) is 68.0 Å². The van der Waals surface area contributed by atoms with Crippen molar-refractivity contribution in [1.29, 1.82) is 0 Å². The van der Waals surface area contributed by atoms with Gasteiger partial charge in [0.2, 0.25) is 11.8 Å². The smallest absolute Gasteiger partial charge is 0.244 e. The number of carbonyl (C=O) groups is 2. The molecule has 0 radical (unpaired) electrons. The normalized spacial score (nSPS) is 23.9. The molecular weight excluding hydrogens is 332 g/mol. The number of likely N-dealkylation sites (tertiary alicyclic amines) is 2. The SMILES string of the molecule is Cc1nnnn1CC(=O)N1CCCC2(CCC(=O)N(CCC(C)C)C2)C1. The minimum atomic E-state index is 0.0501. The zero-order valence-electron chi connectivity index (χ0n) is 16.1. The molecule has 3 rings (SSSR count). The first-order chi connectivity index (χ1) is 12.4. The molecule has 2 aliphatic heterocycles. The van der Waals surface area contributed by atoms with Crippen molar-refractivity contribution in [2.45, 2.75) is 59.4 Å². The van der Waals surface area contributed by atoms with Crippen LogP contribution in [-0.2, 0) is 16.1 Å². The molecular formula is C18H30N6O2. The molecule has 26 heavy (non-hydrogen) atoms. The third-order valence-corrected chi connectivity index (χ3v) is 5.73. The second-order valence-electron chi connectivity index (χ2n) is 8.30. The van der Waals surface area contributed by atoms with Gasteiger partial charge in [0.05, 0.1) is 0 Å². The van der Waals surface area contributed by atoms with Crippen LogP contribution in [0.1, 0.15) is 51.8 Å². The molecule has 1 aromatic rings. The van der Waals surface area contributed by atoms with E-state index in [1.54, 1.807) is 11.6 Å². The number of piperidine rings is 2. The fourth-order valence-corrected chi connectivity index (χ4v) is 4.10. The van der Waals surface area contributed by atoms with Gasteiger partial charge in [-0.2, -0.15) is 0 Å². The van der Waals surface area contributed by atoms with E-state index in [0.717, 1.165) is 51.9 Å². The van der Waals surface area contributed by atoms with Gasteiger partial charge in [-0.1, -0.05) is 13.8 Å². The summed E-state index contributed by atoms with van der Waals surface area (Å²) in [6.07, 6.45) is 4.60. The summed E-state index contributed by atoms with van der Waals surface area (Å²) in [6, 6.07) is 0. The molecule has 1 spiro atoms. The fraction of sp³-hybridized carbons (Fsp3) is 0.833. The van der Waals surface area contributed by atoms with E-state index in [9.17, 15) is 9.59 Å². The number of nitrogens with zero attached hydrogens (tertiary/aromatic N) is 6. The first kappa shape index (κ1) is 18.8. The number of tetrazole rings is 1. The van der Waals surface area contributed by atoms with Crippen molar-refractivity contribution in [2.75, 3.05) is 26.2 Å². The van der Waals surface area contributed by atoms with Crippen LogP contribution in [0.3, 0.4) is 0 Å². The number of aromatic nitrogens is 4. The lowest BCUT2D eigenvalue weighted by atomic mass is 9.73. The van der Waals surface area contributed by atoms with Crippen molar-refractivity contribution in [3.63, 3.8) is 0 Å². The van der Waals surface area contributed by atoms with Crippen LogP contribution in [0.5, 0.6) is 0 Å². The highest BCUT2D eigenvalue weighted by Gasteiger charge is 2.42. The van der Waals surface area contributed by atoms with Gasteiger partial charge in [0.15, 0.2) is 0 Å². The highest BCUT2D eigenvalue weighted by atomic mass is 16.2. The Hall–Kier alpha value is -1.99. The summed E-state index contributed by atoms with van der Waals surface area (Å²) < 4.78 is 1.54. The van der Waals surface area contributed by atoms with E-state index in [-0.39, 0.29) is 23.8 Å². The molecule has 1 unspecified atom stereocenters. The van der Waals surface area contributed by atoms with Gasteiger partial charge in [-0.3, -0.25) is 9.59 Å². The van der Waals surface area contributed by atoms with Crippen LogP contribution >= 0.6 is 0 Å². The highest BCUT2D eigenvalue weighted by Crippen LogP contribution is 2.39. The molecule has 2 saturated heterocycles. The van der Waals surface area contributed by atoms with Gasteiger partial charge < -0.3 is 9.80 Å². The van der Waals surface area contributed by atoms with E-state index in [1.807, 2.05) is 9.80 Å². The Labute approximate surface area is 154 Å². The molecule has 144 valence electrons.